The molecule has 1 aromatic carbocycles. The van der Waals surface area contributed by atoms with Crippen LogP contribution in [0, 0.1) is 0 Å². The molecule has 1 N–H and O–H groups in total. The zero-order valence-corrected chi connectivity index (χ0v) is 12.3. The Kier molecular flexibility index (Phi) is 4.93. The maximum atomic E-state index is 10.5. The van der Waals surface area contributed by atoms with Gasteiger partial charge in [0.25, 0.3) is 0 Å². The molecule has 0 amide bonds. The summed E-state index contributed by atoms with van der Waals surface area (Å²) < 4.78 is 1.01. The molecule has 4 nitrogen and oxygen atoms in total. The largest absolute Gasteiger partial charge is 0.481 e. The van der Waals surface area contributed by atoms with Crippen LogP contribution in [0.4, 0.5) is 0 Å². The monoisotopic (exact) mass is 338 g/mol. The third kappa shape index (κ3) is 4.04. The number of aromatic nitrogens is 2. The first-order chi connectivity index (χ1) is 9.16. The molecule has 19 heavy (non-hydrogen) atoms. The van der Waals surface area contributed by atoms with Gasteiger partial charge in [0, 0.05) is 22.0 Å². The average molecular weight is 339 g/mol. The van der Waals surface area contributed by atoms with Gasteiger partial charge in [-0.2, -0.15) is 0 Å². The van der Waals surface area contributed by atoms with Crippen LogP contribution in [-0.2, 0) is 4.79 Å². The van der Waals surface area contributed by atoms with Crippen molar-refractivity contribution in [1.82, 2.24) is 9.97 Å². The molecule has 6 heteroatoms. The molecule has 0 aliphatic carbocycles. The van der Waals surface area contributed by atoms with E-state index in [-0.39, 0.29) is 6.42 Å². The van der Waals surface area contributed by atoms with Crippen LogP contribution >= 0.6 is 27.7 Å². The minimum atomic E-state index is -0.799. The average Bonchev–Trinajstić information content (AvgIpc) is 2.40. The number of hydrogen-bond acceptors (Lipinski definition) is 4. The Morgan fingerprint density at radius 1 is 1.32 bits per heavy atom. The van der Waals surface area contributed by atoms with Crippen molar-refractivity contribution in [3.8, 4) is 11.1 Å². The summed E-state index contributed by atoms with van der Waals surface area (Å²) >= 11 is 4.82. The van der Waals surface area contributed by atoms with Crippen LogP contribution in [0.15, 0.2) is 46.3 Å². The highest BCUT2D eigenvalue weighted by atomic mass is 79.9. The molecule has 0 atom stereocenters. The van der Waals surface area contributed by atoms with Crippen molar-refractivity contribution < 1.29 is 9.90 Å². The number of benzene rings is 1. The standard InChI is InChI=1S/C13H11BrN2O2S/c14-10-3-1-9(2-4-10)11-7-15-8-16-13(11)19-6-5-12(17)18/h1-4,7-8H,5-6H2,(H,17,18). The van der Waals surface area contributed by atoms with E-state index < -0.39 is 5.97 Å². The lowest BCUT2D eigenvalue weighted by molar-refractivity contribution is -0.136. The fourth-order valence-electron chi connectivity index (χ4n) is 1.50. The van der Waals surface area contributed by atoms with Crippen LogP contribution in [0.25, 0.3) is 11.1 Å². The lowest BCUT2D eigenvalue weighted by Crippen LogP contribution is -1.97. The highest BCUT2D eigenvalue weighted by Gasteiger charge is 2.08. The van der Waals surface area contributed by atoms with Crippen LogP contribution in [0.5, 0.6) is 0 Å². The molecule has 0 spiro atoms. The Morgan fingerprint density at radius 2 is 2.05 bits per heavy atom. The number of rotatable bonds is 5. The summed E-state index contributed by atoms with van der Waals surface area (Å²) in [6.07, 6.45) is 3.35. The molecule has 2 rings (SSSR count). The molecule has 0 saturated carbocycles. The van der Waals surface area contributed by atoms with Gasteiger partial charge in [0.1, 0.15) is 11.4 Å². The number of nitrogens with zero attached hydrogens (tertiary/aromatic N) is 2. The van der Waals surface area contributed by atoms with Gasteiger partial charge in [0.05, 0.1) is 6.42 Å². The van der Waals surface area contributed by atoms with E-state index in [1.54, 1.807) is 6.20 Å². The third-order valence-corrected chi connectivity index (χ3v) is 3.92. The molecular formula is C13H11BrN2O2S. The molecular weight excluding hydrogens is 328 g/mol. The highest BCUT2D eigenvalue weighted by molar-refractivity contribution is 9.10. The van der Waals surface area contributed by atoms with Crippen molar-refractivity contribution in [1.29, 1.82) is 0 Å². The van der Waals surface area contributed by atoms with Gasteiger partial charge in [-0.3, -0.25) is 4.79 Å². The zero-order valence-electron chi connectivity index (χ0n) is 9.91. The summed E-state index contributed by atoms with van der Waals surface area (Å²) in [4.78, 5) is 18.8. The number of thioether (sulfide) groups is 1. The summed E-state index contributed by atoms with van der Waals surface area (Å²) in [5.41, 5.74) is 1.94. The normalized spacial score (nSPS) is 10.4. The molecule has 0 unspecified atom stereocenters. The first-order valence-corrected chi connectivity index (χ1v) is 7.35. The smallest absolute Gasteiger partial charge is 0.304 e. The quantitative estimate of drug-likeness (QED) is 0.668. The number of hydrogen-bond donors (Lipinski definition) is 1. The van der Waals surface area contributed by atoms with E-state index in [4.69, 9.17) is 5.11 Å². The summed E-state index contributed by atoms with van der Waals surface area (Å²) in [6.45, 7) is 0. The number of carboxylic acid groups (broad SMARTS) is 1. The second kappa shape index (κ2) is 6.68. The van der Waals surface area contributed by atoms with E-state index in [2.05, 4.69) is 25.9 Å². The second-order valence-corrected chi connectivity index (χ2v) is 5.74. The predicted molar refractivity (Wildman–Crippen MR) is 78.1 cm³/mol. The van der Waals surface area contributed by atoms with E-state index >= 15 is 0 Å². The second-order valence-electron chi connectivity index (χ2n) is 3.74. The summed E-state index contributed by atoms with van der Waals surface area (Å²) in [5, 5.41) is 9.46. The Balaban J connectivity index is 2.20. The molecule has 0 bridgehead atoms. The lowest BCUT2D eigenvalue weighted by atomic mass is 10.1. The molecule has 98 valence electrons. The Morgan fingerprint density at radius 3 is 2.74 bits per heavy atom. The molecule has 1 heterocycles. The number of aliphatic carboxylic acids is 1. The van der Waals surface area contributed by atoms with Crippen LogP contribution in [0.2, 0.25) is 0 Å². The van der Waals surface area contributed by atoms with Gasteiger partial charge in [-0.15, -0.1) is 11.8 Å². The van der Waals surface area contributed by atoms with E-state index in [0.29, 0.717) is 5.75 Å². The van der Waals surface area contributed by atoms with Gasteiger partial charge in [-0.1, -0.05) is 28.1 Å². The van der Waals surface area contributed by atoms with Gasteiger partial charge >= 0.3 is 5.97 Å². The van der Waals surface area contributed by atoms with Crippen LogP contribution < -0.4 is 0 Å². The maximum absolute atomic E-state index is 10.5. The third-order valence-electron chi connectivity index (χ3n) is 2.39. The molecule has 0 aliphatic heterocycles. The van der Waals surface area contributed by atoms with Gasteiger partial charge < -0.3 is 5.11 Å². The maximum Gasteiger partial charge on any atom is 0.304 e. The molecule has 1 aromatic heterocycles. The lowest BCUT2D eigenvalue weighted by Gasteiger charge is -2.07. The van der Waals surface area contributed by atoms with Gasteiger partial charge in [0.2, 0.25) is 0 Å². The predicted octanol–water partition coefficient (Wildman–Crippen LogP) is 3.47. The van der Waals surface area contributed by atoms with E-state index in [0.717, 1.165) is 20.6 Å². The molecule has 0 fully saturated rings. The highest BCUT2D eigenvalue weighted by Crippen LogP contribution is 2.29. The fourth-order valence-corrected chi connectivity index (χ4v) is 2.68. The van der Waals surface area contributed by atoms with Crippen molar-refractivity contribution in [2.75, 3.05) is 5.75 Å². The van der Waals surface area contributed by atoms with Crippen LogP contribution in [0.1, 0.15) is 6.42 Å². The fraction of sp³-hybridized carbons (Fsp3) is 0.154. The van der Waals surface area contributed by atoms with Crippen molar-refractivity contribution in [2.45, 2.75) is 11.4 Å². The van der Waals surface area contributed by atoms with E-state index in [1.165, 1.54) is 18.1 Å². The molecule has 0 radical (unpaired) electrons. The molecule has 2 aromatic rings. The van der Waals surface area contributed by atoms with E-state index in [1.807, 2.05) is 24.3 Å². The first-order valence-electron chi connectivity index (χ1n) is 5.57. The van der Waals surface area contributed by atoms with Crippen molar-refractivity contribution in [3.63, 3.8) is 0 Å². The van der Waals surface area contributed by atoms with Crippen molar-refractivity contribution >= 4 is 33.7 Å². The minimum Gasteiger partial charge on any atom is -0.481 e. The Labute approximate surface area is 123 Å². The topological polar surface area (TPSA) is 63.1 Å². The van der Waals surface area contributed by atoms with Crippen molar-refractivity contribution in [2.24, 2.45) is 0 Å². The van der Waals surface area contributed by atoms with E-state index in [9.17, 15) is 4.79 Å². The van der Waals surface area contributed by atoms with Gasteiger partial charge in [-0.25, -0.2) is 9.97 Å². The molecule has 0 aliphatic rings. The number of carboxylic acids is 1. The summed E-state index contributed by atoms with van der Waals surface area (Å²) in [7, 11) is 0. The van der Waals surface area contributed by atoms with Gasteiger partial charge in [-0.05, 0) is 17.7 Å². The minimum absolute atomic E-state index is 0.119. The van der Waals surface area contributed by atoms with Crippen LogP contribution in [0.3, 0.4) is 0 Å². The Hall–Kier alpha value is -1.40. The molecule has 0 saturated heterocycles. The van der Waals surface area contributed by atoms with Crippen LogP contribution in [-0.4, -0.2) is 26.8 Å². The zero-order chi connectivity index (χ0) is 13.7. The van der Waals surface area contributed by atoms with Gasteiger partial charge in [0.15, 0.2) is 0 Å². The number of halogens is 1. The first kappa shape index (κ1) is 14.0. The number of carbonyl (C=O) groups is 1. The SMILES string of the molecule is O=C(O)CCSc1ncncc1-c1ccc(Br)cc1. The summed E-state index contributed by atoms with van der Waals surface area (Å²) in [6, 6.07) is 7.86. The Bertz CT molecular complexity index is 575. The van der Waals surface area contributed by atoms with Crippen molar-refractivity contribution in [3.05, 3.63) is 41.3 Å². The summed E-state index contributed by atoms with van der Waals surface area (Å²) in [5.74, 6) is -0.303.